The third-order valence-electron chi connectivity index (χ3n) is 3.83. The van der Waals surface area contributed by atoms with Crippen LogP contribution < -0.4 is 0 Å². The molecule has 0 aromatic carbocycles. The molecule has 0 aromatic heterocycles. The molecule has 2 saturated heterocycles. The summed E-state index contributed by atoms with van der Waals surface area (Å²) in [5.74, 6) is 0. The first-order chi connectivity index (χ1) is 9.35. The van der Waals surface area contributed by atoms with Crippen molar-refractivity contribution in [1.82, 2.24) is 9.80 Å². The molecule has 0 radical (unpaired) electrons. The maximum absolute atomic E-state index is 12.1. The predicted molar refractivity (Wildman–Crippen MR) is 77.8 cm³/mol. The lowest BCUT2D eigenvalue weighted by molar-refractivity contribution is -0.00624. The second-order valence-electron chi connectivity index (χ2n) is 6.92. The van der Waals surface area contributed by atoms with Gasteiger partial charge in [0, 0.05) is 38.8 Å². The molecule has 1 amide bonds. The van der Waals surface area contributed by atoms with E-state index >= 15 is 0 Å². The second-order valence-corrected chi connectivity index (χ2v) is 6.92. The summed E-state index contributed by atoms with van der Waals surface area (Å²) in [7, 11) is 0. The molecule has 0 spiro atoms. The van der Waals surface area contributed by atoms with Gasteiger partial charge in [-0.2, -0.15) is 0 Å². The van der Waals surface area contributed by atoms with Crippen LogP contribution in [0.4, 0.5) is 4.79 Å². The zero-order chi connectivity index (χ0) is 14.8. The molecule has 5 heteroatoms. The van der Waals surface area contributed by atoms with E-state index in [1.54, 1.807) is 0 Å². The molecule has 2 aliphatic heterocycles. The first-order valence-corrected chi connectivity index (χ1v) is 7.69. The van der Waals surface area contributed by atoms with E-state index in [0.717, 1.165) is 32.8 Å². The number of carbonyl (C=O) groups is 1. The normalized spacial score (nSPS) is 28.7. The lowest BCUT2D eigenvalue weighted by Gasteiger charge is -2.40. The summed E-state index contributed by atoms with van der Waals surface area (Å²) in [5, 5.41) is 0. The van der Waals surface area contributed by atoms with Gasteiger partial charge < -0.3 is 14.4 Å². The summed E-state index contributed by atoms with van der Waals surface area (Å²) in [6.45, 7) is 12.2. The van der Waals surface area contributed by atoms with Crippen molar-refractivity contribution in [3.05, 3.63) is 0 Å². The van der Waals surface area contributed by atoms with Gasteiger partial charge in [-0.05, 0) is 40.5 Å². The van der Waals surface area contributed by atoms with Gasteiger partial charge in [0.05, 0.1) is 6.10 Å². The van der Waals surface area contributed by atoms with Crippen molar-refractivity contribution in [2.45, 2.75) is 58.3 Å². The monoisotopic (exact) mass is 284 g/mol. The van der Waals surface area contributed by atoms with Crippen molar-refractivity contribution < 1.29 is 14.3 Å². The quantitative estimate of drug-likeness (QED) is 0.779. The van der Waals surface area contributed by atoms with Crippen molar-refractivity contribution in [1.29, 1.82) is 0 Å². The van der Waals surface area contributed by atoms with Crippen LogP contribution in [-0.4, -0.2) is 66.4 Å². The van der Waals surface area contributed by atoms with Crippen LogP contribution >= 0.6 is 0 Å². The Labute approximate surface area is 122 Å². The van der Waals surface area contributed by atoms with Gasteiger partial charge in [0.25, 0.3) is 0 Å². The number of hydrogen-bond donors (Lipinski definition) is 0. The van der Waals surface area contributed by atoms with E-state index in [1.807, 2.05) is 25.7 Å². The van der Waals surface area contributed by atoms with Gasteiger partial charge in [-0.1, -0.05) is 0 Å². The fraction of sp³-hybridized carbons (Fsp3) is 0.933. The van der Waals surface area contributed by atoms with E-state index in [9.17, 15) is 4.79 Å². The summed E-state index contributed by atoms with van der Waals surface area (Å²) in [5.41, 5.74) is -0.425. The molecule has 0 saturated carbocycles. The first-order valence-electron chi connectivity index (χ1n) is 7.69. The van der Waals surface area contributed by atoms with Crippen LogP contribution in [0.5, 0.6) is 0 Å². The summed E-state index contributed by atoms with van der Waals surface area (Å²) in [6, 6.07) is 0.194. The molecule has 0 unspecified atom stereocenters. The molecule has 20 heavy (non-hydrogen) atoms. The second kappa shape index (κ2) is 6.31. The number of carbonyl (C=O) groups excluding carboxylic acids is 1. The third kappa shape index (κ3) is 4.35. The van der Waals surface area contributed by atoms with E-state index in [4.69, 9.17) is 9.47 Å². The van der Waals surface area contributed by atoms with Crippen molar-refractivity contribution in [2.75, 3.05) is 32.8 Å². The SMILES string of the molecule is C[C@H]1CN(C[C@@H]2CCCO2)CCN1C(=O)OC(C)(C)C. The molecule has 0 aromatic rings. The molecule has 2 rings (SSSR count). The van der Waals surface area contributed by atoms with E-state index in [2.05, 4.69) is 11.8 Å². The first kappa shape index (κ1) is 15.6. The topological polar surface area (TPSA) is 42.0 Å². The average Bonchev–Trinajstić information content (AvgIpc) is 2.79. The van der Waals surface area contributed by atoms with Gasteiger partial charge in [0.1, 0.15) is 5.60 Å². The minimum absolute atomic E-state index is 0.193. The molecule has 116 valence electrons. The molecule has 0 bridgehead atoms. The highest BCUT2D eigenvalue weighted by Crippen LogP contribution is 2.18. The lowest BCUT2D eigenvalue weighted by atomic mass is 10.1. The molecular formula is C15H28N2O3. The van der Waals surface area contributed by atoms with E-state index in [1.165, 1.54) is 12.8 Å². The number of rotatable bonds is 2. The molecular weight excluding hydrogens is 256 g/mol. The minimum Gasteiger partial charge on any atom is -0.444 e. The number of amides is 1. The number of ether oxygens (including phenoxy) is 2. The van der Waals surface area contributed by atoms with Crippen molar-refractivity contribution in [3.8, 4) is 0 Å². The van der Waals surface area contributed by atoms with Crippen molar-refractivity contribution >= 4 is 6.09 Å². The van der Waals surface area contributed by atoms with E-state index in [0.29, 0.717) is 6.10 Å². The number of piperazine rings is 1. The van der Waals surface area contributed by atoms with Gasteiger partial charge >= 0.3 is 6.09 Å². The van der Waals surface area contributed by atoms with Gasteiger partial charge in [0.2, 0.25) is 0 Å². The molecule has 2 fully saturated rings. The van der Waals surface area contributed by atoms with Crippen LogP contribution in [-0.2, 0) is 9.47 Å². The fourth-order valence-electron chi connectivity index (χ4n) is 2.87. The Balaban J connectivity index is 1.80. The van der Waals surface area contributed by atoms with Gasteiger partial charge in [0.15, 0.2) is 0 Å². The zero-order valence-corrected chi connectivity index (χ0v) is 13.2. The summed E-state index contributed by atoms with van der Waals surface area (Å²) < 4.78 is 11.1. The molecule has 0 N–H and O–H groups in total. The van der Waals surface area contributed by atoms with Crippen LogP contribution in [0, 0.1) is 0 Å². The van der Waals surface area contributed by atoms with Crippen LogP contribution in [0.25, 0.3) is 0 Å². The van der Waals surface area contributed by atoms with Crippen LogP contribution in [0.15, 0.2) is 0 Å². The Morgan fingerprint density at radius 3 is 2.65 bits per heavy atom. The highest BCUT2D eigenvalue weighted by atomic mass is 16.6. The molecule has 2 atom stereocenters. The highest BCUT2D eigenvalue weighted by Gasteiger charge is 2.31. The smallest absolute Gasteiger partial charge is 0.410 e. The Hall–Kier alpha value is -0.810. The Morgan fingerprint density at radius 1 is 1.35 bits per heavy atom. The van der Waals surface area contributed by atoms with E-state index in [-0.39, 0.29) is 12.1 Å². The average molecular weight is 284 g/mol. The Morgan fingerprint density at radius 2 is 2.10 bits per heavy atom. The predicted octanol–water partition coefficient (Wildman–Crippen LogP) is 2.11. The van der Waals surface area contributed by atoms with Gasteiger partial charge in [-0.25, -0.2) is 4.79 Å². The van der Waals surface area contributed by atoms with Gasteiger partial charge in [-0.3, -0.25) is 4.90 Å². The van der Waals surface area contributed by atoms with Crippen molar-refractivity contribution in [3.63, 3.8) is 0 Å². The standard InChI is InChI=1S/C15H28N2O3/c1-12-10-16(11-13-6-5-9-19-13)7-8-17(12)14(18)20-15(2,3)4/h12-13H,5-11H2,1-4H3/t12-,13-/m0/s1. The molecule has 2 heterocycles. The maximum Gasteiger partial charge on any atom is 0.410 e. The van der Waals surface area contributed by atoms with E-state index < -0.39 is 5.60 Å². The zero-order valence-electron chi connectivity index (χ0n) is 13.2. The minimum atomic E-state index is -0.425. The summed E-state index contributed by atoms with van der Waals surface area (Å²) >= 11 is 0. The number of nitrogens with zero attached hydrogens (tertiary/aromatic N) is 2. The molecule has 5 nitrogen and oxygen atoms in total. The third-order valence-corrected chi connectivity index (χ3v) is 3.83. The lowest BCUT2D eigenvalue weighted by Crippen LogP contribution is -2.56. The molecule has 0 aliphatic carbocycles. The van der Waals surface area contributed by atoms with Crippen LogP contribution in [0.2, 0.25) is 0 Å². The van der Waals surface area contributed by atoms with Crippen LogP contribution in [0.3, 0.4) is 0 Å². The highest BCUT2D eigenvalue weighted by molar-refractivity contribution is 5.68. The summed E-state index contributed by atoms with van der Waals surface area (Å²) in [6.07, 6.45) is 2.54. The van der Waals surface area contributed by atoms with Crippen LogP contribution in [0.1, 0.15) is 40.5 Å². The Bertz CT molecular complexity index is 335. The largest absolute Gasteiger partial charge is 0.444 e. The fourth-order valence-corrected chi connectivity index (χ4v) is 2.87. The maximum atomic E-state index is 12.1. The summed E-state index contributed by atoms with van der Waals surface area (Å²) in [4.78, 5) is 16.4. The number of hydrogen-bond acceptors (Lipinski definition) is 4. The van der Waals surface area contributed by atoms with Crippen molar-refractivity contribution in [2.24, 2.45) is 0 Å². The van der Waals surface area contributed by atoms with Gasteiger partial charge in [-0.15, -0.1) is 0 Å². The molecule has 2 aliphatic rings. The Kier molecular flexibility index (Phi) is 4.91.